The minimum Gasteiger partial charge on any atom is -0.456 e. The highest BCUT2D eigenvalue weighted by Gasteiger charge is 2.22. The quantitative estimate of drug-likeness (QED) is 0.170. The van der Waals surface area contributed by atoms with E-state index in [9.17, 15) is 0 Å². The Bertz CT molecular complexity index is 3360. The maximum Gasteiger partial charge on any atom is 0.136 e. The molecule has 12 rings (SSSR count). The standard InChI is InChI=1S/C54H32O2/c1-2-15-34(16-3-1)51-35-17-5-4-14-33(35)30-31-44(51)52-40-22-10-20-36(38-24-12-28-49-53(38)42-18-6-8-26-47(42)55-49)45(40)32-46-37(21-11-23-41(46)52)39-25-13-29-50-54(39)43-19-7-9-27-48(43)56-50/h1-32H. The maximum atomic E-state index is 6.43. The van der Waals surface area contributed by atoms with E-state index >= 15 is 0 Å². The first-order chi connectivity index (χ1) is 27.8. The molecule has 0 fully saturated rings. The van der Waals surface area contributed by atoms with Crippen LogP contribution in [0.3, 0.4) is 0 Å². The average molecular weight is 713 g/mol. The molecule has 0 bridgehead atoms. The van der Waals surface area contributed by atoms with Crippen LogP contribution in [0.5, 0.6) is 0 Å². The molecular formula is C54H32O2. The molecule has 0 saturated carbocycles. The molecule has 2 aromatic heterocycles. The van der Waals surface area contributed by atoms with Gasteiger partial charge in [0.1, 0.15) is 22.3 Å². The van der Waals surface area contributed by atoms with E-state index in [0.717, 1.165) is 55.0 Å². The molecule has 0 radical (unpaired) electrons. The van der Waals surface area contributed by atoms with E-state index < -0.39 is 0 Å². The molecule has 0 atom stereocenters. The van der Waals surface area contributed by atoms with Gasteiger partial charge in [-0.1, -0.05) is 164 Å². The Morgan fingerprint density at radius 2 is 0.714 bits per heavy atom. The van der Waals surface area contributed by atoms with Crippen LogP contribution in [0.25, 0.3) is 121 Å². The molecule has 0 spiro atoms. The summed E-state index contributed by atoms with van der Waals surface area (Å²) >= 11 is 0. The second-order valence-electron chi connectivity index (χ2n) is 14.7. The second kappa shape index (κ2) is 12.0. The van der Waals surface area contributed by atoms with Crippen LogP contribution in [0, 0.1) is 0 Å². The third-order valence-corrected chi connectivity index (χ3v) is 11.7. The van der Waals surface area contributed by atoms with Crippen molar-refractivity contribution in [1.82, 2.24) is 0 Å². The summed E-state index contributed by atoms with van der Waals surface area (Å²) in [4.78, 5) is 0. The third kappa shape index (κ3) is 4.50. The zero-order valence-electron chi connectivity index (χ0n) is 30.3. The summed E-state index contributed by atoms with van der Waals surface area (Å²) in [7, 11) is 0. The first-order valence-electron chi connectivity index (χ1n) is 19.2. The monoisotopic (exact) mass is 712 g/mol. The molecule has 10 aromatic carbocycles. The van der Waals surface area contributed by atoms with Crippen molar-refractivity contribution in [1.29, 1.82) is 0 Å². The fourth-order valence-corrected chi connectivity index (χ4v) is 9.32. The number of fused-ring (bicyclic) bond motifs is 9. The third-order valence-electron chi connectivity index (χ3n) is 11.7. The Balaban J connectivity index is 1.27. The van der Waals surface area contributed by atoms with Crippen LogP contribution >= 0.6 is 0 Å². The van der Waals surface area contributed by atoms with Gasteiger partial charge in [0.15, 0.2) is 0 Å². The smallest absolute Gasteiger partial charge is 0.136 e. The van der Waals surface area contributed by atoms with Crippen molar-refractivity contribution in [3.8, 4) is 44.5 Å². The number of benzene rings is 10. The molecule has 0 amide bonds. The van der Waals surface area contributed by atoms with Gasteiger partial charge in [0.25, 0.3) is 0 Å². The van der Waals surface area contributed by atoms with E-state index in [-0.39, 0.29) is 0 Å². The highest BCUT2D eigenvalue weighted by Crippen LogP contribution is 2.49. The molecule has 0 aliphatic heterocycles. The predicted molar refractivity (Wildman–Crippen MR) is 235 cm³/mol. The minimum atomic E-state index is 0.891. The lowest BCUT2D eigenvalue weighted by atomic mass is 9.82. The fraction of sp³-hybridized carbons (Fsp3) is 0. The van der Waals surface area contributed by atoms with Crippen LogP contribution < -0.4 is 0 Å². The van der Waals surface area contributed by atoms with Crippen molar-refractivity contribution < 1.29 is 8.83 Å². The van der Waals surface area contributed by atoms with E-state index in [1.54, 1.807) is 0 Å². The number of hydrogen-bond acceptors (Lipinski definition) is 2. The van der Waals surface area contributed by atoms with E-state index in [2.05, 4.69) is 182 Å². The van der Waals surface area contributed by atoms with Gasteiger partial charge in [-0.3, -0.25) is 0 Å². The average Bonchev–Trinajstić information content (AvgIpc) is 3.84. The van der Waals surface area contributed by atoms with Gasteiger partial charge in [0, 0.05) is 21.5 Å². The van der Waals surface area contributed by atoms with E-state index in [1.807, 2.05) is 12.1 Å². The van der Waals surface area contributed by atoms with Gasteiger partial charge < -0.3 is 8.83 Å². The zero-order chi connectivity index (χ0) is 36.7. The van der Waals surface area contributed by atoms with Crippen LogP contribution in [-0.4, -0.2) is 0 Å². The molecule has 12 aromatic rings. The Morgan fingerprint density at radius 3 is 1.32 bits per heavy atom. The molecule has 260 valence electrons. The second-order valence-corrected chi connectivity index (χ2v) is 14.7. The predicted octanol–water partition coefficient (Wildman–Crippen LogP) is 15.6. The SMILES string of the molecule is c1ccc(-c2c(-c3c4cccc(-c5cccc6oc7ccccc7c56)c4cc4c(-c5cccc6oc7ccccc7c56)cccc34)ccc3ccccc23)cc1. The molecular weight excluding hydrogens is 681 g/mol. The summed E-state index contributed by atoms with van der Waals surface area (Å²) < 4.78 is 12.9. The summed E-state index contributed by atoms with van der Waals surface area (Å²) in [5.74, 6) is 0. The van der Waals surface area contributed by atoms with Crippen LogP contribution in [0.4, 0.5) is 0 Å². The summed E-state index contributed by atoms with van der Waals surface area (Å²) in [5.41, 5.74) is 13.1. The number of rotatable bonds is 4. The summed E-state index contributed by atoms with van der Waals surface area (Å²) in [6.07, 6.45) is 0. The number of hydrogen-bond donors (Lipinski definition) is 0. The van der Waals surface area contributed by atoms with Crippen molar-refractivity contribution in [3.05, 3.63) is 194 Å². The Labute approximate surface area is 322 Å². The Kier molecular flexibility index (Phi) is 6.66. The lowest BCUT2D eigenvalue weighted by Crippen LogP contribution is -1.94. The minimum absolute atomic E-state index is 0.891. The van der Waals surface area contributed by atoms with Crippen LogP contribution in [0.1, 0.15) is 0 Å². The topological polar surface area (TPSA) is 26.3 Å². The van der Waals surface area contributed by atoms with Crippen molar-refractivity contribution >= 4 is 76.2 Å². The molecule has 0 saturated heterocycles. The number of para-hydroxylation sites is 2. The van der Waals surface area contributed by atoms with Gasteiger partial charge in [-0.2, -0.15) is 0 Å². The normalized spacial score (nSPS) is 11.9. The van der Waals surface area contributed by atoms with Gasteiger partial charge in [-0.15, -0.1) is 0 Å². The molecule has 0 aliphatic rings. The Morgan fingerprint density at radius 1 is 0.250 bits per heavy atom. The molecule has 0 unspecified atom stereocenters. The maximum absolute atomic E-state index is 6.43. The van der Waals surface area contributed by atoms with E-state index in [0.29, 0.717) is 0 Å². The zero-order valence-corrected chi connectivity index (χ0v) is 30.3. The summed E-state index contributed by atoms with van der Waals surface area (Å²) in [6.45, 7) is 0. The van der Waals surface area contributed by atoms with E-state index in [1.165, 1.54) is 65.7 Å². The molecule has 56 heavy (non-hydrogen) atoms. The first-order valence-corrected chi connectivity index (χ1v) is 19.2. The van der Waals surface area contributed by atoms with E-state index in [4.69, 9.17) is 8.83 Å². The summed E-state index contributed by atoms with van der Waals surface area (Å²) in [5, 5.41) is 11.8. The lowest BCUT2D eigenvalue weighted by molar-refractivity contribution is 0.668. The number of furan rings is 2. The van der Waals surface area contributed by atoms with Gasteiger partial charge >= 0.3 is 0 Å². The molecule has 2 heteroatoms. The molecule has 2 nitrogen and oxygen atoms in total. The van der Waals surface area contributed by atoms with Gasteiger partial charge in [-0.05, 0) is 107 Å². The van der Waals surface area contributed by atoms with Crippen molar-refractivity contribution in [3.63, 3.8) is 0 Å². The van der Waals surface area contributed by atoms with Crippen molar-refractivity contribution in [2.24, 2.45) is 0 Å². The molecule has 2 heterocycles. The van der Waals surface area contributed by atoms with Crippen LogP contribution in [-0.2, 0) is 0 Å². The van der Waals surface area contributed by atoms with Crippen LogP contribution in [0.2, 0.25) is 0 Å². The summed E-state index contributed by atoms with van der Waals surface area (Å²) in [6, 6.07) is 69.9. The van der Waals surface area contributed by atoms with Gasteiger partial charge in [-0.25, -0.2) is 0 Å². The molecule has 0 N–H and O–H groups in total. The largest absolute Gasteiger partial charge is 0.456 e. The highest BCUT2D eigenvalue weighted by atomic mass is 16.3. The lowest BCUT2D eigenvalue weighted by Gasteiger charge is -2.21. The molecule has 0 aliphatic carbocycles. The van der Waals surface area contributed by atoms with Gasteiger partial charge in [0.05, 0.1) is 0 Å². The fourth-order valence-electron chi connectivity index (χ4n) is 9.32. The Hall–Kier alpha value is -7.42. The van der Waals surface area contributed by atoms with Crippen molar-refractivity contribution in [2.45, 2.75) is 0 Å². The highest BCUT2D eigenvalue weighted by molar-refractivity contribution is 6.25. The van der Waals surface area contributed by atoms with Crippen molar-refractivity contribution in [2.75, 3.05) is 0 Å². The van der Waals surface area contributed by atoms with Crippen LogP contribution in [0.15, 0.2) is 203 Å². The van der Waals surface area contributed by atoms with Gasteiger partial charge in [0.2, 0.25) is 0 Å². The first kappa shape index (κ1) is 31.0.